The molecule has 0 radical (unpaired) electrons. The molecule has 1 saturated carbocycles. The summed E-state index contributed by atoms with van der Waals surface area (Å²) in [6, 6.07) is 11.3. The molecular weight excluding hydrogens is 230 g/mol. The van der Waals surface area contributed by atoms with Crippen LogP contribution < -0.4 is 5.32 Å². The standard InChI is InChI=1S/C15H21N.ClH/c1-12-9-15(10-12)16-11-13(2)8-14-6-4-3-5-7-14;/h3-8,12,15-16H,9-11H2,1-2H3;1H/b13-8+;. The first-order chi connectivity index (χ1) is 7.74. The molecule has 0 spiro atoms. The van der Waals surface area contributed by atoms with E-state index in [9.17, 15) is 0 Å². The molecule has 1 nitrogen and oxygen atoms in total. The molecule has 1 N–H and O–H groups in total. The van der Waals surface area contributed by atoms with Crippen LogP contribution in [-0.2, 0) is 0 Å². The first-order valence-electron chi connectivity index (χ1n) is 6.19. The Hall–Kier alpha value is -0.790. The van der Waals surface area contributed by atoms with Crippen molar-refractivity contribution in [2.75, 3.05) is 6.54 Å². The van der Waals surface area contributed by atoms with E-state index in [1.807, 2.05) is 0 Å². The van der Waals surface area contributed by atoms with E-state index >= 15 is 0 Å². The van der Waals surface area contributed by atoms with Crippen LogP contribution >= 0.6 is 12.4 Å². The molecule has 2 heteroatoms. The van der Waals surface area contributed by atoms with Gasteiger partial charge < -0.3 is 5.32 Å². The first kappa shape index (κ1) is 14.3. The van der Waals surface area contributed by atoms with Crippen molar-refractivity contribution in [3.05, 3.63) is 41.5 Å². The summed E-state index contributed by atoms with van der Waals surface area (Å²) in [6.07, 6.45) is 4.95. The molecule has 17 heavy (non-hydrogen) atoms. The molecule has 1 aromatic rings. The van der Waals surface area contributed by atoms with E-state index in [4.69, 9.17) is 0 Å². The number of hydrogen-bond donors (Lipinski definition) is 1. The molecule has 2 rings (SSSR count). The van der Waals surface area contributed by atoms with E-state index in [0.717, 1.165) is 18.5 Å². The smallest absolute Gasteiger partial charge is 0.0167 e. The normalized spacial score (nSPS) is 23.8. The lowest BCUT2D eigenvalue weighted by Gasteiger charge is -2.33. The van der Waals surface area contributed by atoms with Gasteiger partial charge >= 0.3 is 0 Å². The van der Waals surface area contributed by atoms with Crippen LogP contribution in [0.15, 0.2) is 35.9 Å². The molecule has 0 saturated heterocycles. The van der Waals surface area contributed by atoms with Crippen molar-refractivity contribution in [1.82, 2.24) is 5.32 Å². The predicted octanol–water partition coefficient (Wildman–Crippen LogP) is 3.90. The fourth-order valence-corrected chi connectivity index (χ4v) is 2.26. The van der Waals surface area contributed by atoms with E-state index in [-0.39, 0.29) is 12.4 Å². The second-order valence-electron chi connectivity index (χ2n) is 5.06. The highest BCUT2D eigenvalue weighted by Crippen LogP contribution is 2.26. The van der Waals surface area contributed by atoms with Gasteiger partial charge in [-0.15, -0.1) is 12.4 Å². The number of halogens is 1. The van der Waals surface area contributed by atoms with Gasteiger partial charge in [-0.25, -0.2) is 0 Å². The Morgan fingerprint density at radius 2 is 1.94 bits per heavy atom. The van der Waals surface area contributed by atoms with E-state index in [1.54, 1.807) is 0 Å². The first-order valence-corrected chi connectivity index (χ1v) is 6.19. The molecule has 1 fully saturated rings. The van der Waals surface area contributed by atoms with Crippen molar-refractivity contribution in [2.24, 2.45) is 5.92 Å². The minimum atomic E-state index is 0. The number of rotatable bonds is 4. The molecule has 1 aromatic carbocycles. The number of benzene rings is 1. The highest BCUT2D eigenvalue weighted by atomic mass is 35.5. The molecule has 0 aromatic heterocycles. The number of hydrogen-bond acceptors (Lipinski definition) is 1. The van der Waals surface area contributed by atoms with Gasteiger partial charge in [0.2, 0.25) is 0 Å². The largest absolute Gasteiger partial charge is 0.310 e. The monoisotopic (exact) mass is 251 g/mol. The van der Waals surface area contributed by atoms with Crippen LogP contribution in [-0.4, -0.2) is 12.6 Å². The van der Waals surface area contributed by atoms with E-state index < -0.39 is 0 Å². The lowest BCUT2D eigenvalue weighted by atomic mass is 9.82. The van der Waals surface area contributed by atoms with Gasteiger partial charge in [0.25, 0.3) is 0 Å². The summed E-state index contributed by atoms with van der Waals surface area (Å²) in [4.78, 5) is 0. The van der Waals surface area contributed by atoms with Crippen molar-refractivity contribution in [1.29, 1.82) is 0 Å². The Balaban J connectivity index is 0.00000144. The van der Waals surface area contributed by atoms with Gasteiger partial charge in [0.05, 0.1) is 0 Å². The van der Waals surface area contributed by atoms with Crippen LogP contribution in [0.5, 0.6) is 0 Å². The van der Waals surface area contributed by atoms with Crippen LogP contribution in [0.25, 0.3) is 6.08 Å². The topological polar surface area (TPSA) is 12.0 Å². The van der Waals surface area contributed by atoms with Crippen LogP contribution in [0.4, 0.5) is 0 Å². The highest BCUT2D eigenvalue weighted by molar-refractivity contribution is 5.85. The lowest BCUT2D eigenvalue weighted by Crippen LogP contribution is -2.40. The van der Waals surface area contributed by atoms with Gasteiger partial charge in [0.1, 0.15) is 0 Å². The Morgan fingerprint density at radius 3 is 2.53 bits per heavy atom. The summed E-state index contributed by atoms with van der Waals surface area (Å²) in [6.45, 7) is 5.54. The average Bonchev–Trinajstić information content (AvgIpc) is 2.24. The quantitative estimate of drug-likeness (QED) is 0.856. The second kappa shape index (κ2) is 6.83. The van der Waals surface area contributed by atoms with Gasteiger partial charge in [-0.2, -0.15) is 0 Å². The summed E-state index contributed by atoms with van der Waals surface area (Å²) in [5.41, 5.74) is 2.70. The summed E-state index contributed by atoms with van der Waals surface area (Å²) in [7, 11) is 0. The van der Waals surface area contributed by atoms with Gasteiger partial charge in [-0.3, -0.25) is 0 Å². The third kappa shape index (κ3) is 4.53. The molecule has 0 bridgehead atoms. The van der Waals surface area contributed by atoms with Crippen molar-refractivity contribution in [2.45, 2.75) is 32.7 Å². The zero-order chi connectivity index (χ0) is 11.4. The highest BCUT2D eigenvalue weighted by Gasteiger charge is 2.24. The Labute approximate surface area is 111 Å². The Morgan fingerprint density at radius 1 is 1.29 bits per heavy atom. The Bertz CT molecular complexity index is 352. The average molecular weight is 252 g/mol. The van der Waals surface area contributed by atoms with E-state index in [2.05, 4.69) is 55.6 Å². The minimum absolute atomic E-state index is 0. The lowest BCUT2D eigenvalue weighted by molar-refractivity contribution is 0.247. The molecule has 1 aliphatic carbocycles. The van der Waals surface area contributed by atoms with Crippen molar-refractivity contribution in [3.63, 3.8) is 0 Å². The second-order valence-corrected chi connectivity index (χ2v) is 5.06. The third-order valence-electron chi connectivity index (χ3n) is 3.26. The summed E-state index contributed by atoms with van der Waals surface area (Å²) < 4.78 is 0. The molecule has 1 aliphatic rings. The van der Waals surface area contributed by atoms with Crippen molar-refractivity contribution in [3.8, 4) is 0 Å². The zero-order valence-corrected chi connectivity index (χ0v) is 11.5. The molecule has 0 aliphatic heterocycles. The third-order valence-corrected chi connectivity index (χ3v) is 3.26. The maximum absolute atomic E-state index is 3.60. The maximum Gasteiger partial charge on any atom is 0.0167 e. The van der Waals surface area contributed by atoms with E-state index in [1.165, 1.54) is 24.0 Å². The van der Waals surface area contributed by atoms with E-state index in [0.29, 0.717) is 0 Å². The van der Waals surface area contributed by atoms with Crippen molar-refractivity contribution >= 4 is 18.5 Å². The van der Waals surface area contributed by atoms with Crippen LogP contribution in [0.3, 0.4) is 0 Å². The van der Waals surface area contributed by atoms with Gasteiger partial charge in [-0.1, -0.05) is 48.9 Å². The Kier molecular flexibility index (Phi) is 5.73. The molecule has 0 heterocycles. The van der Waals surface area contributed by atoms with Crippen molar-refractivity contribution < 1.29 is 0 Å². The molecule has 0 unspecified atom stereocenters. The summed E-state index contributed by atoms with van der Waals surface area (Å²) in [5, 5.41) is 3.60. The zero-order valence-electron chi connectivity index (χ0n) is 10.6. The molecular formula is C15H22ClN. The fourth-order valence-electron chi connectivity index (χ4n) is 2.26. The van der Waals surface area contributed by atoms with Gasteiger partial charge in [0.15, 0.2) is 0 Å². The van der Waals surface area contributed by atoms with Crippen LogP contribution in [0, 0.1) is 5.92 Å². The maximum atomic E-state index is 3.60. The van der Waals surface area contributed by atoms with Crippen LogP contribution in [0.2, 0.25) is 0 Å². The fraction of sp³-hybridized carbons (Fsp3) is 0.467. The summed E-state index contributed by atoms with van der Waals surface area (Å²) in [5.74, 6) is 0.927. The molecule has 0 atom stereocenters. The molecule has 94 valence electrons. The predicted molar refractivity (Wildman–Crippen MR) is 77.5 cm³/mol. The van der Waals surface area contributed by atoms with Crippen LogP contribution in [0.1, 0.15) is 32.3 Å². The number of nitrogens with one attached hydrogen (secondary N) is 1. The summed E-state index contributed by atoms with van der Waals surface area (Å²) >= 11 is 0. The SMILES string of the molecule is C/C(=C\c1ccccc1)CNC1CC(C)C1.Cl. The van der Waals surface area contributed by atoms with Gasteiger partial charge in [0, 0.05) is 12.6 Å². The molecule has 0 amide bonds. The van der Waals surface area contributed by atoms with Gasteiger partial charge in [-0.05, 0) is 31.2 Å². The minimum Gasteiger partial charge on any atom is -0.310 e.